The van der Waals surface area contributed by atoms with Crippen LogP contribution in [0.4, 0.5) is 0 Å². The van der Waals surface area contributed by atoms with Gasteiger partial charge in [-0.25, -0.2) is 0 Å². The van der Waals surface area contributed by atoms with Crippen LogP contribution < -0.4 is 5.32 Å². The Hall–Kier alpha value is -1.32. The zero-order chi connectivity index (χ0) is 13.1. The summed E-state index contributed by atoms with van der Waals surface area (Å²) in [6.07, 6.45) is 3.83. The van der Waals surface area contributed by atoms with Gasteiger partial charge in [-0.05, 0) is 17.2 Å². The molecule has 1 N–H and O–H groups in total. The Kier molecular flexibility index (Phi) is 4.04. The van der Waals surface area contributed by atoms with Crippen LogP contribution in [-0.4, -0.2) is 15.8 Å². The van der Waals surface area contributed by atoms with Crippen LogP contribution in [0.25, 0.3) is 11.1 Å². The van der Waals surface area contributed by atoms with Gasteiger partial charge in [0, 0.05) is 36.4 Å². The number of rotatable bonds is 4. The highest BCUT2D eigenvalue weighted by Crippen LogP contribution is 2.25. The number of nitrogens with one attached hydrogen (secondary N) is 1. The van der Waals surface area contributed by atoms with E-state index in [1.807, 2.05) is 25.5 Å². The molecule has 0 aliphatic rings. The van der Waals surface area contributed by atoms with Crippen LogP contribution in [0.5, 0.6) is 0 Å². The van der Waals surface area contributed by atoms with Crippen molar-refractivity contribution in [1.82, 2.24) is 15.1 Å². The number of nitrogens with zero attached hydrogens (tertiary/aromatic N) is 2. The second kappa shape index (κ2) is 5.55. The summed E-state index contributed by atoms with van der Waals surface area (Å²) in [6, 6.07) is 6.61. The Balaban J connectivity index is 2.19. The topological polar surface area (TPSA) is 29.9 Å². The minimum Gasteiger partial charge on any atom is -0.310 e. The van der Waals surface area contributed by atoms with Crippen LogP contribution in [-0.2, 0) is 13.6 Å². The lowest BCUT2D eigenvalue weighted by Gasteiger charge is -2.10. The lowest BCUT2D eigenvalue weighted by molar-refractivity contribution is 0.589. The summed E-state index contributed by atoms with van der Waals surface area (Å²) in [5.74, 6) is 0. The van der Waals surface area contributed by atoms with Crippen LogP contribution in [0.15, 0.2) is 30.6 Å². The average molecular weight is 264 g/mol. The summed E-state index contributed by atoms with van der Waals surface area (Å²) in [4.78, 5) is 0. The van der Waals surface area contributed by atoms with Crippen molar-refractivity contribution in [2.75, 3.05) is 0 Å². The molecule has 2 rings (SSSR count). The fourth-order valence-electron chi connectivity index (χ4n) is 1.75. The van der Waals surface area contributed by atoms with Gasteiger partial charge in [0.05, 0.1) is 6.20 Å². The van der Waals surface area contributed by atoms with Gasteiger partial charge in [-0.1, -0.05) is 37.6 Å². The van der Waals surface area contributed by atoms with E-state index in [9.17, 15) is 0 Å². The maximum absolute atomic E-state index is 6.30. The molecule has 18 heavy (non-hydrogen) atoms. The molecule has 0 atom stereocenters. The van der Waals surface area contributed by atoms with Gasteiger partial charge >= 0.3 is 0 Å². The molecule has 0 saturated heterocycles. The first-order chi connectivity index (χ1) is 8.56. The quantitative estimate of drug-likeness (QED) is 0.918. The van der Waals surface area contributed by atoms with Crippen LogP contribution >= 0.6 is 11.6 Å². The number of halogens is 1. The smallest absolute Gasteiger partial charge is 0.0568 e. The van der Waals surface area contributed by atoms with Crippen LogP contribution in [0.3, 0.4) is 0 Å². The number of hydrogen-bond acceptors (Lipinski definition) is 2. The predicted molar refractivity (Wildman–Crippen MR) is 75.6 cm³/mol. The van der Waals surface area contributed by atoms with Crippen molar-refractivity contribution >= 4 is 11.6 Å². The minimum absolute atomic E-state index is 0.457. The molecule has 0 spiro atoms. The van der Waals surface area contributed by atoms with Crippen molar-refractivity contribution in [2.45, 2.75) is 26.4 Å². The lowest BCUT2D eigenvalue weighted by Crippen LogP contribution is -2.21. The summed E-state index contributed by atoms with van der Waals surface area (Å²) in [7, 11) is 1.91. The molecule has 1 aromatic carbocycles. The van der Waals surface area contributed by atoms with E-state index in [4.69, 9.17) is 11.6 Å². The third-order valence-corrected chi connectivity index (χ3v) is 3.14. The third-order valence-electron chi connectivity index (χ3n) is 2.79. The average Bonchev–Trinajstić information content (AvgIpc) is 2.74. The van der Waals surface area contributed by atoms with Crippen molar-refractivity contribution in [1.29, 1.82) is 0 Å². The van der Waals surface area contributed by atoms with E-state index in [2.05, 4.69) is 36.4 Å². The van der Waals surface area contributed by atoms with E-state index >= 15 is 0 Å². The number of aryl methyl sites for hydroxylation is 1. The van der Waals surface area contributed by atoms with E-state index in [0.717, 1.165) is 28.3 Å². The highest BCUT2D eigenvalue weighted by Gasteiger charge is 2.05. The Morgan fingerprint density at radius 3 is 2.67 bits per heavy atom. The molecule has 0 amide bonds. The van der Waals surface area contributed by atoms with Crippen LogP contribution in [0, 0.1) is 0 Å². The molecule has 0 bridgehead atoms. The van der Waals surface area contributed by atoms with Crippen molar-refractivity contribution in [3.63, 3.8) is 0 Å². The molecule has 0 unspecified atom stereocenters. The molecule has 1 aromatic heterocycles. The SMILES string of the molecule is CC(C)NCc1ccc(-c2cnn(C)c2)cc1Cl. The summed E-state index contributed by atoms with van der Waals surface area (Å²) in [5, 5.41) is 8.33. The second-order valence-electron chi connectivity index (χ2n) is 4.74. The highest BCUT2D eigenvalue weighted by atomic mass is 35.5. The minimum atomic E-state index is 0.457. The Morgan fingerprint density at radius 2 is 2.11 bits per heavy atom. The summed E-state index contributed by atoms with van der Waals surface area (Å²) >= 11 is 6.30. The Labute approximate surface area is 113 Å². The molecule has 0 aliphatic heterocycles. The van der Waals surface area contributed by atoms with Gasteiger partial charge in [-0.15, -0.1) is 0 Å². The summed E-state index contributed by atoms with van der Waals surface area (Å²) < 4.78 is 1.79. The van der Waals surface area contributed by atoms with Gasteiger partial charge in [0.25, 0.3) is 0 Å². The van der Waals surface area contributed by atoms with Crippen molar-refractivity contribution in [3.05, 3.63) is 41.2 Å². The largest absolute Gasteiger partial charge is 0.310 e. The van der Waals surface area contributed by atoms with Gasteiger partial charge in [-0.3, -0.25) is 4.68 Å². The highest BCUT2D eigenvalue weighted by molar-refractivity contribution is 6.31. The number of aromatic nitrogens is 2. The number of hydrogen-bond donors (Lipinski definition) is 1. The van der Waals surface area contributed by atoms with E-state index in [1.165, 1.54) is 0 Å². The lowest BCUT2D eigenvalue weighted by atomic mass is 10.1. The molecule has 96 valence electrons. The zero-order valence-corrected chi connectivity index (χ0v) is 11.7. The molecule has 3 nitrogen and oxygen atoms in total. The molecule has 0 saturated carbocycles. The van der Waals surface area contributed by atoms with Crippen LogP contribution in [0.2, 0.25) is 5.02 Å². The third kappa shape index (κ3) is 3.12. The maximum atomic E-state index is 6.30. The van der Waals surface area contributed by atoms with Gasteiger partial charge in [-0.2, -0.15) is 5.10 Å². The standard InChI is InChI=1S/C14H18ClN3/c1-10(2)16-7-12-5-4-11(6-14(12)15)13-8-17-18(3)9-13/h4-6,8-10,16H,7H2,1-3H3. The Morgan fingerprint density at radius 1 is 1.33 bits per heavy atom. The maximum Gasteiger partial charge on any atom is 0.0568 e. The van der Waals surface area contributed by atoms with Crippen molar-refractivity contribution in [3.8, 4) is 11.1 Å². The van der Waals surface area contributed by atoms with Crippen LogP contribution in [0.1, 0.15) is 19.4 Å². The second-order valence-corrected chi connectivity index (χ2v) is 5.15. The molecule has 2 aromatic rings. The van der Waals surface area contributed by atoms with Gasteiger partial charge in [0.15, 0.2) is 0 Å². The molecule has 0 fully saturated rings. The predicted octanol–water partition coefficient (Wildman–Crippen LogP) is 3.24. The van der Waals surface area contributed by atoms with Crippen molar-refractivity contribution < 1.29 is 0 Å². The first kappa shape index (κ1) is 13.1. The van der Waals surface area contributed by atoms with Gasteiger partial charge in [0.1, 0.15) is 0 Å². The first-order valence-corrected chi connectivity index (χ1v) is 6.45. The first-order valence-electron chi connectivity index (χ1n) is 6.07. The fourth-order valence-corrected chi connectivity index (χ4v) is 2.00. The van der Waals surface area contributed by atoms with Gasteiger partial charge < -0.3 is 5.32 Å². The molecule has 0 radical (unpaired) electrons. The monoisotopic (exact) mass is 263 g/mol. The normalized spacial score (nSPS) is 11.2. The van der Waals surface area contributed by atoms with Gasteiger partial charge in [0.2, 0.25) is 0 Å². The molecular formula is C14H18ClN3. The molecule has 1 heterocycles. The van der Waals surface area contributed by atoms with E-state index in [0.29, 0.717) is 6.04 Å². The summed E-state index contributed by atoms with van der Waals surface area (Å²) in [6.45, 7) is 5.04. The summed E-state index contributed by atoms with van der Waals surface area (Å²) in [5.41, 5.74) is 3.31. The zero-order valence-electron chi connectivity index (χ0n) is 10.9. The fraction of sp³-hybridized carbons (Fsp3) is 0.357. The molecule has 0 aliphatic carbocycles. The number of benzene rings is 1. The van der Waals surface area contributed by atoms with Crippen molar-refractivity contribution in [2.24, 2.45) is 7.05 Å². The Bertz CT molecular complexity index is 532. The molecule has 4 heteroatoms. The molecular weight excluding hydrogens is 246 g/mol. The van der Waals surface area contributed by atoms with E-state index in [1.54, 1.807) is 4.68 Å². The van der Waals surface area contributed by atoms with E-state index in [-0.39, 0.29) is 0 Å². The van der Waals surface area contributed by atoms with E-state index < -0.39 is 0 Å².